The van der Waals surface area contributed by atoms with E-state index in [0.29, 0.717) is 35.2 Å². The van der Waals surface area contributed by atoms with Gasteiger partial charge in [-0.25, -0.2) is 4.39 Å². The van der Waals surface area contributed by atoms with Gasteiger partial charge in [0, 0.05) is 17.5 Å². The number of aromatic nitrogens is 4. The highest BCUT2D eigenvalue weighted by Gasteiger charge is 2.54. The summed E-state index contributed by atoms with van der Waals surface area (Å²) in [4.78, 5) is 0. The van der Waals surface area contributed by atoms with Gasteiger partial charge in [0.15, 0.2) is 0 Å². The number of nitrogens with zero attached hydrogens (tertiary/aromatic N) is 2. The van der Waals surface area contributed by atoms with Gasteiger partial charge in [0.2, 0.25) is 0 Å². The predicted molar refractivity (Wildman–Crippen MR) is 118 cm³/mol. The van der Waals surface area contributed by atoms with Gasteiger partial charge in [-0.2, -0.15) is 10.2 Å². The quantitative estimate of drug-likeness (QED) is 0.372. The fraction of sp³-hybridized carbons (Fsp3) is 0.333. The van der Waals surface area contributed by atoms with Gasteiger partial charge >= 0.3 is 0 Å². The Morgan fingerprint density at radius 1 is 1.03 bits per heavy atom. The topological polar surface area (TPSA) is 95.4 Å². The first-order valence-electron chi connectivity index (χ1n) is 11.0. The average molecular weight is 414 g/mol. The Kier molecular flexibility index (Phi) is 3.41. The number of rotatable bonds is 2. The fourth-order valence-electron chi connectivity index (χ4n) is 6.73. The fourth-order valence-corrected chi connectivity index (χ4v) is 6.73. The summed E-state index contributed by atoms with van der Waals surface area (Å²) >= 11 is 0. The summed E-state index contributed by atoms with van der Waals surface area (Å²) in [5.74, 6) is 2.45. The second-order valence-corrected chi connectivity index (χ2v) is 9.37. The lowest BCUT2D eigenvalue weighted by Crippen LogP contribution is -2.36. The van der Waals surface area contributed by atoms with Crippen molar-refractivity contribution >= 4 is 22.4 Å². The van der Waals surface area contributed by atoms with Crippen LogP contribution in [0.3, 0.4) is 0 Å². The maximum Gasteiger partial charge on any atom is 0.148 e. The second kappa shape index (κ2) is 6.09. The zero-order valence-corrected chi connectivity index (χ0v) is 16.9. The molecule has 4 aromatic rings. The van der Waals surface area contributed by atoms with E-state index in [9.17, 15) is 0 Å². The maximum atomic E-state index is 15.2. The molecule has 7 heteroatoms. The Morgan fingerprint density at radius 3 is 2.68 bits per heavy atom. The Morgan fingerprint density at radius 2 is 1.87 bits per heavy atom. The number of nitrogens with one attached hydrogen (secondary N) is 3. The molecule has 2 aliphatic carbocycles. The number of hydrogen-bond acceptors (Lipinski definition) is 4. The van der Waals surface area contributed by atoms with Gasteiger partial charge in [0.25, 0.3) is 0 Å². The lowest BCUT2D eigenvalue weighted by molar-refractivity contribution is 0.247. The third kappa shape index (κ3) is 2.37. The molecular formula is C24H23FN6. The van der Waals surface area contributed by atoms with Crippen LogP contribution in [0.15, 0.2) is 42.6 Å². The van der Waals surface area contributed by atoms with Crippen LogP contribution in [-0.2, 0) is 0 Å². The largest absolute Gasteiger partial charge is 0.382 e. The molecule has 5 atom stereocenters. The highest BCUT2D eigenvalue weighted by atomic mass is 19.1. The lowest BCUT2D eigenvalue weighted by Gasteiger charge is -2.44. The minimum absolute atomic E-state index is 0.104. The first-order valence-corrected chi connectivity index (χ1v) is 11.0. The zero-order chi connectivity index (χ0) is 20.7. The molecule has 7 rings (SSSR count). The highest BCUT2D eigenvalue weighted by molar-refractivity contribution is 5.89. The summed E-state index contributed by atoms with van der Waals surface area (Å²) in [5, 5.41) is 18.9. The molecule has 2 aromatic heterocycles. The number of fused-ring (bicyclic) bond motifs is 9. The molecule has 156 valence electrons. The molecule has 0 amide bonds. The third-order valence-corrected chi connectivity index (χ3v) is 7.92. The van der Waals surface area contributed by atoms with Crippen molar-refractivity contribution in [2.45, 2.75) is 31.2 Å². The minimum atomic E-state index is -0.192. The van der Waals surface area contributed by atoms with Crippen LogP contribution >= 0.6 is 0 Å². The first-order chi connectivity index (χ1) is 15.2. The number of halogens is 1. The van der Waals surface area contributed by atoms with Crippen molar-refractivity contribution in [1.82, 2.24) is 20.4 Å². The van der Waals surface area contributed by atoms with Crippen molar-refractivity contribution in [2.24, 2.45) is 17.8 Å². The Balaban J connectivity index is 1.35. The molecule has 0 radical (unpaired) electrons. The molecule has 2 bridgehead atoms. The first kappa shape index (κ1) is 17.3. The van der Waals surface area contributed by atoms with Crippen LogP contribution in [0.25, 0.3) is 22.2 Å². The van der Waals surface area contributed by atoms with Crippen molar-refractivity contribution in [3.8, 4) is 11.3 Å². The molecule has 5 unspecified atom stereocenters. The van der Waals surface area contributed by atoms with Gasteiger partial charge in [0.1, 0.15) is 11.6 Å². The standard InChI is InChI=1S/C24H23FN6/c25-16-8-18-15(10-27-29-18)22-20-13-5-6-14(7-13)21(20)23(28-24(16)22)12-3-1-11(2-4-12)17-9-19(26)31-30-17/h1-4,8-10,13-14,20-21,23,28H,5-7H2,(H,27,29)(H3,26,30,31). The van der Waals surface area contributed by atoms with Crippen LogP contribution in [0.4, 0.5) is 15.9 Å². The van der Waals surface area contributed by atoms with E-state index in [1.54, 1.807) is 6.07 Å². The van der Waals surface area contributed by atoms with E-state index < -0.39 is 0 Å². The molecular weight excluding hydrogens is 391 g/mol. The Bertz CT molecular complexity index is 1310. The van der Waals surface area contributed by atoms with Gasteiger partial charge in [-0.05, 0) is 59.6 Å². The van der Waals surface area contributed by atoms with E-state index in [0.717, 1.165) is 27.7 Å². The molecule has 2 saturated carbocycles. The minimum Gasteiger partial charge on any atom is -0.382 e. The predicted octanol–water partition coefficient (Wildman–Crippen LogP) is 4.97. The van der Waals surface area contributed by atoms with E-state index in [4.69, 9.17) is 5.73 Å². The van der Waals surface area contributed by atoms with Gasteiger partial charge in [-0.3, -0.25) is 10.2 Å². The van der Waals surface area contributed by atoms with Crippen molar-refractivity contribution < 1.29 is 4.39 Å². The van der Waals surface area contributed by atoms with Crippen LogP contribution in [0.5, 0.6) is 0 Å². The van der Waals surface area contributed by atoms with Crippen molar-refractivity contribution in [1.29, 1.82) is 0 Å². The molecule has 3 heterocycles. The van der Waals surface area contributed by atoms with E-state index in [1.807, 2.05) is 12.3 Å². The molecule has 31 heavy (non-hydrogen) atoms. The Labute approximate surface area is 178 Å². The Hall–Kier alpha value is -3.35. The van der Waals surface area contributed by atoms with Gasteiger partial charge < -0.3 is 11.1 Å². The third-order valence-electron chi connectivity index (χ3n) is 7.92. The summed E-state index contributed by atoms with van der Waals surface area (Å²) in [6.45, 7) is 0. The smallest absolute Gasteiger partial charge is 0.148 e. The number of anilines is 2. The summed E-state index contributed by atoms with van der Waals surface area (Å²) in [5.41, 5.74) is 11.5. The molecule has 1 aliphatic heterocycles. The number of hydrogen-bond donors (Lipinski definition) is 4. The van der Waals surface area contributed by atoms with Crippen LogP contribution in [0, 0.1) is 23.6 Å². The van der Waals surface area contributed by atoms with Crippen LogP contribution in [0.2, 0.25) is 0 Å². The SMILES string of the molecule is Nc1cc(-c2ccc(C3Nc4c(F)cc5[nH]ncc5c4C4C5CCC(C5)C34)cc2)[nH]n1. The molecule has 3 aliphatic rings. The highest BCUT2D eigenvalue weighted by Crippen LogP contribution is 2.64. The summed E-state index contributed by atoms with van der Waals surface area (Å²) in [6.07, 6.45) is 5.63. The van der Waals surface area contributed by atoms with Crippen molar-refractivity contribution in [3.63, 3.8) is 0 Å². The summed E-state index contributed by atoms with van der Waals surface area (Å²) in [7, 11) is 0. The summed E-state index contributed by atoms with van der Waals surface area (Å²) in [6, 6.07) is 12.0. The van der Waals surface area contributed by atoms with E-state index in [1.165, 1.54) is 24.8 Å². The molecule has 2 fully saturated rings. The van der Waals surface area contributed by atoms with E-state index in [2.05, 4.69) is 50.0 Å². The number of H-pyrrole nitrogens is 2. The monoisotopic (exact) mass is 414 g/mol. The summed E-state index contributed by atoms with van der Waals surface area (Å²) < 4.78 is 15.2. The second-order valence-electron chi connectivity index (χ2n) is 9.37. The van der Waals surface area contributed by atoms with Crippen LogP contribution in [0.1, 0.15) is 42.3 Å². The van der Waals surface area contributed by atoms with Crippen molar-refractivity contribution in [2.75, 3.05) is 11.1 Å². The van der Waals surface area contributed by atoms with Gasteiger partial charge in [-0.1, -0.05) is 24.3 Å². The molecule has 0 saturated heterocycles. The van der Waals surface area contributed by atoms with Gasteiger partial charge in [0.05, 0.1) is 29.1 Å². The number of nitrogen functional groups attached to an aromatic ring is 1. The zero-order valence-electron chi connectivity index (χ0n) is 16.9. The molecule has 2 aromatic carbocycles. The van der Waals surface area contributed by atoms with Crippen LogP contribution in [-0.4, -0.2) is 20.4 Å². The lowest BCUT2D eigenvalue weighted by atomic mass is 9.67. The molecule has 0 spiro atoms. The maximum absolute atomic E-state index is 15.2. The van der Waals surface area contributed by atoms with Crippen LogP contribution < -0.4 is 11.1 Å². The normalized spacial score (nSPS) is 28.5. The number of nitrogens with two attached hydrogens (primary N) is 1. The molecule has 5 N–H and O–H groups in total. The number of aromatic amines is 2. The average Bonchev–Trinajstić information content (AvgIpc) is 3.57. The van der Waals surface area contributed by atoms with E-state index in [-0.39, 0.29) is 11.9 Å². The molecule has 6 nitrogen and oxygen atoms in total. The van der Waals surface area contributed by atoms with E-state index >= 15 is 4.39 Å². The van der Waals surface area contributed by atoms with Gasteiger partial charge in [-0.15, -0.1) is 0 Å². The number of benzene rings is 2. The van der Waals surface area contributed by atoms with Crippen molar-refractivity contribution in [3.05, 3.63) is 59.5 Å².